The number of halogens is 2. The molecule has 35 heavy (non-hydrogen) atoms. The van der Waals surface area contributed by atoms with Crippen LogP contribution in [0.5, 0.6) is 0 Å². The van der Waals surface area contributed by atoms with Crippen LogP contribution >= 0.6 is 23.4 Å². The van der Waals surface area contributed by atoms with Gasteiger partial charge < -0.3 is 5.32 Å². The topological polar surface area (TPSA) is 71.6 Å². The molecular weight excluding hydrogens is 485 g/mol. The zero-order valence-corrected chi connectivity index (χ0v) is 19.9. The number of nitrogens with zero attached hydrogens (tertiary/aromatic N) is 4. The van der Waals surface area contributed by atoms with E-state index >= 15 is 0 Å². The number of carbonyl (C=O) groups excluding carboxylic acids is 1. The van der Waals surface area contributed by atoms with Gasteiger partial charge in [-0.2, -0.15) is 10.2 Å². The summed E-state index contributed by atoms with van der Waals surface area (Å²) in [5, 5.41) is 16.6. The van der Waals surface area contributed by atoms with Crippen LogP contribution < -0.4 is 5.32 Å². The molecule has 1 aliphatic heterocycles. The molecule has 0 bridgehead atoms. The fourth-order valence-corrected chi connectivity index (χ4v) is 4.68. The average molecular weight is 504 g/mol. The van der Waals surface area contributed by atoms with Crippen LogP contribution in [-0.2, 0) is 11.2 Å². The molecule has 174 valence electrons. The van der Waals surface area contributed by atoms with E-state index in [-0.39, 0.29) is 17.0 Å². The van der Waals surface area contributed by atoms with Gasteiger partial charge >= 0.3 is 0 Å². The minimum Gasteiger partial charge on any atom is -0.303 e. The molecule has 1 unspecified atom stereocenters. The van der Waals surface area contributed by atoms with E-state index in [1.54, 1.807) is 23.0 Å². The van der Waals surface area contributed by atoms with Crippen molar-refractivity contribution in [2.24, 2.45) is 10.2 Å². The number of amidine groups is 1. The molecule has 1 saturated heterocycles. The molecule has 1 amide bonds. The molecule has 0 spiro atoms. The van der Waals surface area contributed by atoms with Crippen LogP contribution in [-0.4, -0.2) is 32.3 Å². The lowest BCUT2D eigenvalue weighted by atomic mass is 10.1. The lowest BCUT2D eigenvalue weighted by Crippen LogP contribution is -2.25. The van der Waals surface area contributed by atoms with E-state index in [2.05, 4.69) is 15.5 Å². The lowest BCUT2D eigenvalue weighted by Gasteiger charge is -2.04. The third kappa shape index (κ3) is 5.50. The molecule has 3 aromatic carbocycles. The fourth-order valence-electron chi connectivity index (χ4n) is 3.59. The molecule has 0 saturated carbocycles. The maximum atomic E-state index is 13.1. The molecule has 1 fully saturated rings. The molecule has 2 heterocycles. The van der Waals surface area contributed by atoms with Gasteiger partial charge in [0, 0.05) is 22.3 Å². The summed E-state index contributed by atoms with van der Waals surface area (Å²) < 4.78 is 14.9. The number of benzene rings is 3. The van der Waals surface area contributed by atoms with E-state index in [9.17, 15) is 9.18 Å². The minimum absolute atomic E-state index is 0.146. The molecule has 0 radical (unpaired) electrons. The van der Waals surface area contributed by atoms with Crippen molar-refractivity contribution >= 4 is 40.7 Å². The first kappa shape index (κ1) is 23.0. The molecule has 5 rings (SSSR count). The summed E-state index contributed by atoms with van der Waals surface area (Å²) in [5.41, 5.74) is 4.17. The molecule has 1 aliphatic rings. The molecule has 4 aromatic rings. The van der Waals surface area contributed by atoms with E-state index in [0.717, 1.165) is 28.1 Å². The summed E-state index contributed by atoms with van der Waals surface area (Å²) in [7, 11) is 0. The third-order valence-corrected chi connectivity index (χ3v) is 6.66. The number of carbonyl (C=O) groups is 1. The third-order valence-electron chi connectivity index (χ3n) is 5.34. The Morgan fingerprint density at radius 2 is 1.80 bits per heavy atom. The second kappa shape index (κ2) is 10.2. The van der Waals surface area contributed by atoms with E-state index in [4.69, 9.17) is 16.7 Å². The van der Waals surface area contributed by atoms with Gasteiger partial charge in [0.05, 0.1) is 17.2 Å². The summed E-state index contributed by atoms with van der Waals surface area (Å²) >= 11 is 7.36. The summed E-state index contributed by atoms with van der Waals surface area (Å²) in [5.74, 6) is -0.450. The molecule has 6 nitrogen and oxygen atoms in total. The van der Waals surface area contributed by atoms with Crippen molar-refractivity contribution in [2.75, 3.05) is 0 Å². The van der Waals surface area contributed by atoms with E-state index < -0.39 is 0 Å². The van der Waals surface area contributed by atoms with Gasteiger partial charge in [-0.1, -0.05) is 65.8 Å². The van der Waals surface area contributed by atoms with Gasteiger partial charge in [-0.3, -0.25) is 4.79 Å². The predicted molar refractivity (Wildman–Crippen MR) is 139 cm³/mol. The van der Waals surface area contributed by atoms with Gasteiger partial charge in [0.2, 0.25) is 5.91 Å². The van der Waals surface area contributed by atoms with Gasteiger partial charge in [-0.25, -0.2) is 9.07 Å². The quantitative estimate of drug-likeness (QED) is 0.279. The maximum absolute atomic E-state index is 13.1. The summed E-state index contributed by atoms with van der Waals surface area (Å²) in [6.45, 7) is 0. The highest BCUT2D eigenvalue weighted by Gasteiger charge is 2.30. The number of para-hydroxylation sites is 1. The molecule has 9 heteroatoms. The van der Waals surface area contributed by atoms with Crippen LogP contribution in [0.4, 0.5) is 4.39 Å². The number of rotatable bonds is 6. The van der Waals surface area contributed by atoms with Crippen molar-refractivity contribution in [3.05, 3.63) is 107 Å². The standard InChI is InChI=1S/C26H19ClFN5OS/c27-20-10-8-18(9-11-20)24-19(16-33(32-24)22-4-2-1-3-5-22)15-29-31-26-30-25(34)23(35-26)14-17-6-12-21(28)13-7-17/h1-13,15-16,23H,14H2,(H,30,31,34)/b29-15+. The molecule has 1 atom stereocenters. The van der Waals surface area contributed by atoms with Gasteiger partial charge in [0.15, 0.2) is 5.17 Å². The smallest absolute Gasteiger partial charge is 0.239 e. The summed E-state index contributed by atoms with van der Waals surface area (Å²) in [6, 6.07) is 23.3. The van der Waals surface area contributed by atoms with Crippen LogP contribution in [0.3, 0.4) is 0 Å². The van der Waals surface area contributed by atoms with Crippen LogP contribution in [0.2, 0.25) is 5.02 Å². The van der Waals surface area contributed by atoms with Crippen molar-refractivity contribution in [2.45, 2.75) is 11.7 Å². The Labute approximate surface area is 210 Å². The number of thioether (sulfide) groups is 1. The molecular formula is C26H19ClFN5OS. The number of hydrogen-bond acceptors (Lipinski definition) is 5. The number of amides is 1. The van der Waals surface area contributed by atoms with Crippen LogP contribution in [0.25, 0.3) is 16.9 Å². The van der Waals surface area contributed by atoms with Gasteiger partial charge in [0.1, 0.15) is 11.5 Å². The zero-order chi connectivity index (χ0) is 24.2. The first-order valence-corrected chi connectivity index (χ1v) is 12.0. The maximum Gasteiger partial charge on any atom is 0.239 e. The second-order valence-corrected chi connectivity index (χ2v) is 9.42. The first-order chi connectivity index (χ1) is 17.0. The normalized spacial score (nSPS) is 16.8. The Kier molecular flexibility index (Phi) is 6.74. The van der Waals surface area contributed by atoms with Crippen molar-refractivity contribution in [1.29, 1.82) is 0 Å². The SMILES string of the molecule is O=C1N/C(=N\N=C\c2cn(-c3ccccc3)nc2-c2ccc(Cl)cc2)SC1Cc1ccc(F)cc1. The van der Waals surface area contributed by atoms with Crippen LogP contribution in [0.1, 0.15) is 11.1 Å². The Morgan fingerprint density at radius 1 is 1.06 bits per heavy atom. The van der Waals surface area contributed by atoms with Gasteiger partial charge in [-0.15, -0.1) is 5.10 Å². The Balaban J connectivity index is 1.37. The highest BCUT2D eigenvalue weighted by atomic mass is 35.5. The van der Waals surface area contributed by atoms with Crippen molar-refractivity contribution in [3.8, 4) is 16.9 Å². The van der Waals surface area contributed by atoms with Gasteiger partial charge in [-0.05, 0) is 48.4 Å². The largest absolute Gasteiger partial charge is 0.303 e. The number of hydrogen-bond donors (Lipinski definition) is 1. The van der Waals surface area contributed by atoms with Crippen molar-refractivity contribution in [1.82, 2.24) is 15.1 Å². The van der Waals surface area contributed by atoms with Crippen LogP contribution in [0, 0.1) is 5.82 Å². The fraction of sp³-hybridized carbons (Fsp3) is 0.0769. The number of aromatic nitrogens is 2. The van der Waals surface area contributed by atoms with E-state index in [1.165, 1.54) is 23.9 Å². The zero-order valence-electron chi connectivity index (χ0n) is 18.3. The van der Waals surface area contributed by atoms with Crippen LogP contribution in [0.15, 0.2) is 95.3 Å². The van der Waals surface area contributed by atoms with E-state index in [0.29, 0.717) is 16.6 Å². The Bertz CT molecular complexity index is 1400. The average Bonchev–Trinajstić information content (AvgIpc) is 3.45. The highest BCUT2D eigenvalue weighted by molar-refractivity contribution is 8.15. The highest BCUT2D eigenvalue weighted by Crippen LogP contribution is 2.26. The Hall–Kier alpha value is -3.75. The summed E-state index contributed by atoms with van der Waals surface area (Å²) in [6.07, 6.45) is 3.97. The predicted octanol–water partition coefficient (Wildman–Crippen LogP) is 5.50. The summed E-state index contributed by atoms with van der Waals surface area (Å²) in [4.78, 5) is 12.4. The van der Waals surface area contributed by atoms with Crippen molar-refractivity contribution < 1.29 is 9.18 Å². The van der Waals surface area contributed by atoms with Gasteiger partial charge in [0.25, 0.3) is 0 Å². The van der Waals surface area contributed by atoms with Crippen molar-refractivity contribution in [3.63, 3.8) is 0 Å². The number of nitrogens with one attached hydrogen (secondary N) is 1. The monoisotopic (exact) mass is 503 g/mol. The second-order valence-electron chi connectivity index (χ2n) is 7.80. The first-order valence-electron chi connectivity index (χ1n) is 10.8. The van der Waals surface area contributed by atoms with E-state index in [1.807, 2.05) is 60.8 Å². The molecule has 1 N–H and O–H groups in total. The molecule has 0 aliphatic carbocycles. The molecule has 1 aromatic heterocycles. The lowest BCUT2D eigenvalue weighted by molar-refractivity contribution is -0.118. The minimum atomic E-state index is -0.347. The Morgan fingerprint density at radius 3 is 2.54 bits per heavy atom.